The summed E-state index contributed by atoms with van der Waals surface area (Å²) in [7, 11) is 0. The number of para-hydroxylation sites is 1. The lowest BCUT2D eigenvalue weighted by Crippen LogP contribution is -2.36. The fourth-order valence-electron chi connectivity index (χ4n) is 2.57. The number of carboxylic acid groups (broad SMARTS) is 1. The molecule has 0 aliphatic carbocycles. The number of carboxylic acids is 1. The van der Waals surface area contributed by atoms with Crippen LogP contribution in [0.2, 0.25) is 0 Å². The first-order valence-electron chi connectivity index (χ1n) is 8.55. The number of benzene rings is 2. The normalized spacial score (nSPS) is 10.5. The second-order valence-corrected chi connectivity index (χ2v) is 5.92. The lowest BCUT2D eigenvalue weighted by Gasteiger charge is -2.23. The van der Waals surface area contributed by atoms with Crippen LogP contribution in [0.3, 0.4) is 0 Å². The zero-order valence-electron chi connectivity index (χ0n) is 15.0. The van der Waals surface area contributed by atoms with Crippen molar-refractivity contribution in [3.63, 3.8) is 0 Å². The molecule has 0 spiro atoms. The minimum atomic E-state index is -1.09. The van der Waals surface area contributed by atoms with E-state index in [1.807, 2.05) is 19.1 Å². The Bertz CT molecular complexity index is 810. The van der Waals surface area contributed by atoms with E-state index in [-0.39, 0.29) is 31.7 Å². The molecule has 2 rings (SSSR count). The van der Waals surface area contributed by atoms with Crippen LogP contribution in [0, 0.1) is 11.6 Å². The molecule has 1 N–H and O–H groups in total. The van der Waals surface area contributed by atoms with Gasteiger partial charge in [0.25, 0.3) is 5.91 Å². The molecule has 2 aromatic carbocycles. The van der Waals surface area contributed by atoms with Gasteiger partial charge in [-0.1, -0.05) is 37.3 Å². The molecule has 0 saturated heterocycles. The number of nitrogens with zero attached hydrogens (tertiary/aromatic N) is 1. The Morgan fingerprint density at radius 1 is 1.07 bits per heavy atom. The zero-order valence-corrected chi connectivity index (χ0v) is 15.0. The summed E-state index contributed by atoms with van der Waals surface area (Å²) in [5, 5.41) is 8.88. The Labute approximate surface area is 156 Å². The maximum Gasteiger partial charge on any atom is 0.305 e. The van der Waals surface area contributed by atoms with Crippen molar-refractivity contribution in [2.24, 2.45) is 0 Å². The van der Waals surface area contributed by atoms with Crippen LogP contribution in [-0.4, -0.2) is 35.0 Å². The van der Waals surface area contributed by atoms with E-state index in [9.17, 15) is 18.4 Å². The number of ether oxygens (including phenoxy) is 1. The van der Waals surface area contributed by atoms with Crippen LogP contribution in [0.1, 0.15) is 24.5 Å². The number of hydrogen-bond donors (Lipinski definition) is 1. The smallest absolute Gasteiger partial charge is 0.305 e. The molecule has 0 atom stereocenters. The molecule has 27 heavy (non-hydrogen) atoms. The summed E-state index contributed by atoms with van der Waals surface area (Å²) < 4.78 is 32.9. The first-order chi connectivity index (χ1) is 12.9. The topological polar surface area (TPSA) is 66.8 Å². The van der Waals surface area contributed by atoms with Gasteiger partial charge in [-0.2, -0.15) is 0 Å². The number of amides is 1. The van der Waals surface area contributed by atoms with Gasteiger partial charge in [-0.25, -0.2) is 8.78 Å². The third-order valence-electron chi connectivity index (χ3n) is 4.05. The molecule has 2 aromatic rings. The number of rotatable bonds is 9. The van der Waals surface area contributed by atoms with Crippen molar-refractivity contribution in [3.05, 3.63) is 65.2 Å². The van der Waals surface area contributed by atoms with E-state index >= 15 is 0 Å². The van der Waals surface area contributed by atoms with Crippen LogP contribution in [0.25, 0.3) is 0 Å². The highest BCUT2D eigenvalue weighted by molar-refractivity contribution is 5.78. The second kappa shape index (κ2) is 9.66. The van der Waals surface area contributed by atoms with Crippen molar-refractivity contribution >= 4 is 11.9 Å². The van der Waals surface area contributed by atoms with E-state index in [0.29, 0.717) is 5.75 Å². The summed E-state index contributed by atoms with van der Waals surface area (Å²) in [5.41, 5.74) is 0.904. The predicted octanol–water partition coefficient (Wildman–Crippen LogP) is 3.41. The van der Waals surface area contributed by atoms with Gasteiger partial charge >= 0.3 is 5.97 Å². The Morgan fingerprint density at radius 3 is 2.48 bits per heavy atom. The molecule has 0 unspecified atom stereocenters. The molecular weight excluding hydrogens is 356 g/mol. The van der Waals surface area contributed by atoms with Gasteiger partial charge in [0.05, 0.1) is 6.42 Å². The summed E-state index contributed by atoms with van der Waals surface area (Å²) in [5.74, 6) is -3.12. The van der Waals surface area contributed by atoms with Crippen LogP contribution in [-0.2, 0) is 22.6 Å². The molecule has 0 bridgehead atoms. The molecule has 0 heterocycles. The van der Waals surface area contributed by atoms with Gasteiger partial charge in [-0.3, -0.25) is 9.59 Å². The van der Waals surface area contributed by atoms with Gasteiger partial charge < -0.3 is 14.7 Å². The first-order valence-corrected chi connectivity index (χ1v) is 8.55. The van der Waals surface area contributed by atoms with E-state index in [1.54, 1.807) is 12.1 Å². The highest BCUT2D eigenvalue weighted by Gasteiger charge is 2.19. The summed E-state index contributed by atoms with van der Waals surface area (Å²) in [6.07, 6.45) is 0.413. The highest BCUT2D eigenvalue weighted by atomic mass is 19.2. The van der Waals surface area contributed by atoms with E-state index < -0.39 is 23.5 Å². The molecule has 0 aliphatic rings. The fraction of sp³-hybridized carbons (Fsp3) is 0.300. The van der Waals surface area contributed by atoms with Crippen molar-refractivity contribution in [3.8, 4) is 5.75 Å². The van der Waals surface area contributed by atoms with Gasteiger partial charge in [-0.15, -0.1) is 0 Å². The number of aryl methyl sites for hydroxylation is 1. The van der Waals surface area contributed by atoms with Gasteiger partial charge in [0.2, 0.25) is 0 Å². The third kappa shape index (κ3) is 5.77. The van der Waals surface area contributed by atoms with Crippen molar-refractivity contribution < 1.29 is 28.2 Å². The molecule has 7 heteroatoms. The van der Waals surface area contributed by atoms with E-state index in [2.05, 4.69) is 0 Å². The summed E-state index contributed by atoms with van der Waals surface area (Å²) in [6.45, 7) is 1.25. The van der Waals surface area contributed by atoms with Crippen LogP contribution in [0.15, 0.2) is 42.5 Å². The number of halogens is 2. The minimum Gasteiger partial charge on any atom is -0.483 e. The molecule has 0 radical (unpaired) electrons. The number of carbonyl (C=O) groups excluding carboxylic acids is 1. The molecule has 0 aliphatic heterocycles. The summed E-state index contributed by atoms with van der Waals surface area (Å²) >= 11 is 0. The Kier molecular flexibility index (Phi) is 7.28. The molecule has 1 amide bonds. The van der Waals surface area contributed by atoms with Crippen LogP contribution < -0.4 is 4.74 Å². The molecule has 0 saturated carbocycles. The molecule has 144 valence electrons. The van der Waals surface area contributed by atoms with Crippen LogP contribution in [0.4, 0.5) is 8.78 Å². The fourth-order valence-corrected chi connectivity index (χ4v) is 2.57. The quantitative estimate of drug-likeness (QED) is 0.727. The standard InChI is InChI=1S/C20H21F2NO4/c1-2-14-6-3-4-9-17(14)27-13-18(24)23(11-10-19(25)26)12-15-7-5-8-16(21)20(15)22/h3-9H,2,10-13H2,1H3,(H,25,26). The summed E-state index contributed by atoms with van der Waals surface area (Å²) in [4.78, 5) is 24.5. The zero-order chi connectivity index (χ0) is 19.8. The predicted molar refractivity (Wildman–Crippen MR) is 95.3 cm³/mol. The van der Waals surface area contributed by atoms with E-state index in [4.69, 9.17) is 9.84 Å². The monoisotopic (exact) mass is 377 g/mol. The van der Waals surface area contributed by atoms with Crippen molar-refractivity contribution in [1.82, 2.24) is 4.90 Å². The van der Waals surface area contributed by atoms with Crippen LogP contribution >= 0.6 is 0 Å². The molecule has 0 aromatic heterocycles. The van der Waals surface area contributed by atoms with E-state index in [0.717, 1.165) is 23.0 Å². The lowest BCUT2D eigenvalue weighted by atomic mass is 10.1. The van der Waals surface area contributed by atoms with Gasteiger partial charge in [0, 0.05) is 18.7 Å². The van der Waals surface area contributed by atoms with Crippen LogP contribution in [0.5, 0.6) is 5.75 Å². The maximum absolute atomic E-state index is 13.9. The number of carbonyl (C=O) groups is 2. The van der Waals surface area contributed by atoms with Crippen molar-refractivity contribution in [1.29, 1.82) is 0 Å². The first kappa shape index (κ1) is 20.4. The third-order valence-corrected chi connectivity index (χ3v) is 4.05. The number of aliphatic carboxylic acids is 1. The molecular formula is C20H21F2NO4. The van der Waals surface area contributed by atoms with Crippen molar-refractivity contribution in [2.45, 2.75) is 26.3 Å². The van der Waals surface area contributed by atoms with Gasteiger partial charge in [0.1, 0.15) is 5.75 Å². The average Bonchev–Trinajstić information content (AvgIpc) is 2.66. The van der Waals surface area contributed by atoms with E-state index in [1.165, 1.54) is 12.1 Å². The minimum absolute atomic E-state index is 0.0253. The molecule has 0 fully saturated rings. The van der Waals surface area contributed by atoms with Crippen molar-refractivity contribution in [2.75, 3.05) is 13.2 Å². The van der Waals surface area contributed by atoms with Gasteiger partial charge in [-0.05, 0) is 24.1 Å². The second-order valence-electron chi connectivity index (χ2n) is 5.92. The largest absolute Gasteiger partial charge is 0.483 e. The highest BCUT2D eigenvalue weighted by Crippen LogP contribution is 2.19. The Morgan fingerprint density at radius 2 is 1.78 bits per heavy atom. The number of hydrogen-bond acceptors (Lipinski definition) is 3. The average molecular weight is 377 g/mol. The molecule has 5 nitrogen and oxygen atoms in total. The lowest BCUT2D eigenvalue weighted by molar-refractivity contribution is -0.139. The maximum atomic E-state index is 13.9. The summed E-state index contributed by atoms with van der Waals surface area (Å²) in [6, 6.07) is 10.9. The Balaban J connectivity index is 2.11. The van der Waals surface area contributed by atoms with Gasteiger partial charge in [0.15, 0.2) is 18.2 Å². The Hall–Kier alpha value is -2.96. The SMILES string of the molecule is CCc1ccccc1OCC(=O)N(CCC(=O)O)Cc1cccc(F)c1F.